The molecule has 8 nitrogen and oxygen atoms in total. The first-order valence-corrected chi connectivity index (χ1v) is 13.2. The molecule has 2 aromatic heterocycles. The number of hydrogen-bond donors (Lipinski definition) is 1. The number of amides is 1. The number of halogens is 1. The Bertz CT molecular complexity index is 1780. The molecular weight excluding hydrogens is 522 g/mol. The summed E-state index contributed by atoms with van der Waals surface area (Å²) < 4.78 is 4.73. The largest absolute Gasteiger partial charge is 0.319 e. The normalized spacial score (nSPS) is 11.1. The number of aromatic nitrogens is 4. The van der Waals surface area contributed by atoms with Crippen LogP contribution >= 0.6 is 23.4 Å². The minimum atomic E-state index is -0.382. The Morgan fingerprint density at radius 2 is 1.63 bits per heavy atom. The van der Waals surface area contributed by atoms with E-state index in [1.54, 1.807) is 42.9 Å². The second-order valence-electron chi connectivity index (χ2n) is 8.67. The third-order valence-electron chi connectivity index (χ3n) is 6.26. The first-order valence-electron chi connectivity index (χ1n) is 11.8. The SMILES string of the molecule is Cc1c(NC(=O)CSc2nc3ccccc3c(=O)n2Cc2ccccc2Cl)c(=O)n(-c2ccccc2)n1C. The van der Waals surface area contributed by atoms with Gasteiger partial charge in [0.25, 0.3) is 11.1 Å². The van der Waals surface area contributed by atoms with Crippen LogP contribution in [0.1, 0.15) is 11.3 Å². The number of anilines is 1. The lowest BCUT2D eigenvalue weighted by Crippen LogP contribution is -2.26. The molecule has 0 atom stereocenters. The number of carbonyl (C=O) groups is 1. The maximum atomic E-state index is 13.4. The van der Waals surface area contributed by atoms with E-state index in [4.69, 9.17) is 11.6 Å². The quantitative estimate of drug-likeness (QED) is 0.238. The third-order valence-corrected chi connectivity index (χ3v) is 7.61. The molecule has 0 aliphatic heterocycles. The predicted molar refractivity (Wildman–Crippen MR) is 152 cm³/mol. The van der Waals surface area contributed by atoms with E-state index in [0.29, 0.717) is 32.5 Å². The summed E-state index contributed by atoms with van der Waals surface area (Å²) in [6, 6.07) is 23.6. The second kappa shape index (κ2) is 10.7. The molecule has 192 valence electrons. The molecule has 2 heterocycles. The van der Waals surface area contributed by atoms with Crippen molar-refractivity contribution < 1.29 is 4.79 Å². The van der Waals surface area contributed by atoms with Gasteiger partial charge in [-0.05, 0) is 42.8 Å². The summed E-state index contributed by atoms with van der Waals surface area (Å²) in [6.07, 6.45) is 0. The van der Waals surface area contributed by atoms with Gasteiger partial charge in [-0.2, -0.15) is 0 Å². The zero-order chi connectivity index (χ0) is 26.8. The molecule has 38 heavy (non-hydrogen) atoms. The lowest BCUT2D eigenvalue weighted by Gasteiger charge is -2.14. The molecule has 0 fully saturated rings. The molecule has 1 N–H and O–H groups in total. The van der Waals surface area contributed by atoms with Crippen LogP contribution in [0.15, 0.2) is 93.6 Å². The maximum absolute atomic E-state index is 13.4. The van der Waals surface area contributed by atoms with E-state index in [-0.39, 0.29) is 35.0 Å². The fraction of sp³-hybridized carbons (Fsp3) is 0.143. The predicted octanol–water partition coefficient (Wildman–Crippen LogP) is 4.63. The molecule has 0 aliphatic carbocycles. The van der Waals surface area contributed by atoms with Crippen LogP contribution in [0.3, 0.4) is 0 Å². The van der Waals surface area contributed by atoms with Crippen LogP contribution < -0.4 is 16.4 Å². The minimum absolute atomic E-state index is 0.0492. The van der Waals surface area contributed by atoms with Crippen molar-refractivity contribution in [2.75, 3.05) is 11.1 Å². The molecule has 1 amide bonds. The van der Waals surface area contributed by atoms with Crippen LogP contribution in [-0.2, 0) is 18.4 Å². The van der Waals surface area contributed by atoms with Gasteiger partial charge >= 0.3 is 0 Å². The molecule has 5 rings (SSSR count). The highest BCUT2D eigenvalue weighted by atomic mass is 35.5. The number of hydrogen-bond acceptors (Lipinski definition) is 5. The van der Waals surface area contributed by atoms with E-state index < -0.39 is 0 Å². The van der Waals surface area contributed by atoms with Gasteiger partial charge < -0.3 is 5.32 Å². The lowest BCUT2D eigenvalue weighted by atomic mass is 10.2. The fourth-order valence-corrected chi connectivity index (χ4v) is 5.21. The van der Waals surface area contributed by atoms with Gasteiger partial charge in [-0.3, -0.25) is 23.6 Å². The Hall–Kier alpha value is -4.08. The molecule has 0 saturated carbocycles. The van der Waals surface area contributed by atoms with E-state index >= 15 is 0 Å². The summed E-state index contributed by atoms with van der Waals surface area (Å²) in [7, 11) is 1.76. The van der Waals surface area contributed by atoms with Crippen LogP contribution in [0, 0.1) is 6.92 Å². The van der Waals surface area contributed by atoms with Gasteiger partial charge in [0.15, 0.2) is 5.16 Å². The van der Waals surface area contributed by atoms with Crippen molar-refractivity contribution in [2.24, 2.45) is 7.05 Å². The maximum Gasteiger partial charge on any atom is 0.295 e. The van der Waals surface area contributed by atoms with Gasteiger partial charge in [-0.25, -0.2) is 9.67 Å². The van der Waals surface area contributed by atoms with Crippen LogP contribution in [0.2, 0.25) is 5.02 Å². The van der Waals surface area contributed by atoms with Gasteiger partial charge in [0, 0.05) is 12.1 Å². The van der Waals surface area contributed by atoms with Crippen molar-refractivity contribution in [3.8, 4) is 5.69 Å². The molecular formula is C28H24ClN5O3S. The standard InChI is InChI=1S/C28H24ClN5O3S/c1-18-25(27(37)34(32(18)2)20-11-4-3-5-12-20)31-24(35)17-38-28-30-23-15-9-7-13-21(23)26(36)33(28)16-19-10-6-8-14-22(19)29/h3-15H,16-17H2,1-2H3,(H,31,35). The smallest absolute Gasteiger partial charge is 0.295 e. The zero-order valence-electron chi connectivity index (χ0n) is 20.7. The fourth-order valence-electron chi connectivity index (χ4n) is 4.21. The first kappa shape index (κ1) is 25.6. The van der Waals surface area contributed by atoms with Crippen molar-refractivity contribution in [3.05, 3.63) is 116 Å². The Balaban J connectivity index is 1.43. The van der Waals surface area contributed by atoms with Gasteiger partial charge in [0.2, 0.25) is 5.91 Å². The average molecular weight is 546 g/mol. The van der Waals surface area contributed by atoms with Crippen molar-refractivity contribution in [1.29, 1.82) is 0 Å². The number of carbonyl (C=O) groups excluding carboxylic acids is 1. The number of nitrogens with zero attached hydrogens (tertiary/aromatic N) is 4. The number of rotatable bonds is 7. The Morgan fingerprint density at radius 1 is 0.947 bits per heavy atom. The van der Waals surface area contributed by atoms with E-state index in [1.165, 1.54) is 9.25 Å². The van der Waals surface area contributed by atoms with Crippen LogP contribution in [0.25, 0.3) is 16.6 Å². The van der Waals surface area contributed by atoms with Crippen LogP contribution in [0.5, 0.6) is 0 Å². The van der Waals surface area contributed by atoms with E-state index in [1.807, 2.05) is 54.6 Å². The first-order chi connectivity index (χ1) is 18.3. The summed E-state index contributed by atoms with van der Waals surface area (Å²) in [5.74, 6) is -0.431. The van der Waals surface area contributed by atoms with Crippen molar-refractivity contribution in [1.82, 2.24) is 18.9 Å². The Morgan fingerprint density at radius 3 is 2.39 bits per heavy atom. The summed E-state index contributed by atoms with van der Waals surface area (Å²) in [6.45, 7) is 1.98. The number of thioether (sulfide) groups is 1. The minimum Gasteiger partial charge on any atom is -0.319 e. The Labute approximate surface area is 227 Å². The second-order valence-corrected chi connectivity index (χ2v) is 10.0. The summed E-state index contributed by atoms with van der Waals surface area (Å²) >= 11 is 7.49. The average Bonchev–Trinajstić information content (AvgIpc) is 3.13. The Kier molecular flexibility index (Phi) is 7.22. The van der Waals surface area contributed by atoms with Crippen molar-refractivity contribution in [2.45, 2.75) is 18.6 Å². The summed E-state index contributed by atoms with van der Waals surface area (Å²) in [5, 5.41) is 4.16. The number of benzene rings is 3. The van der Waals surface area contributed by atoms with Crippen LogP contribution in [0.4, 0.5) is 5.69 Å². The topological polar surface area (TPSA) is 90.9 Å². The number of fused-ring (bicyclic) bond motifs is 1. The molecule has 10 heteroatoms. The van der Waals surface area contributed by atoms with E-state index in [9.17, 15) is 14.4 Å². The summed E-state index contributed by atoms with van der Waals surface area (Å²) in [4.78, 5) is 44.2. The van der Waals surface area contributed by atoms with Gasteiger partial charge in [-0.1, -0.05) is 71.9 Å². The molecule has 3 aromatic carbocycles. The van der Waals surface area contributed by atoms with Crippen molar-refractivity contribution in [3.63, 3.8) is 0 Å². The summed E-state index contributed by atoms with van der Waals surface area (Å²) in [5.41, 5.74) is 2.29. The third kappa shape index (κ3) is 4.90. The van der Waals surface area contributed by atoms with Gasteiger partial charge in [-0.15, -0.1) is 0 Å². The molecule has 0 radical (unpaired) electrons. The van der Waals surface area contributed by atoms with Gasteiger partial charge in [0.1, 0.15) is 5.69 Å². The molecule has 5 aromatic rings. The number of para-hydroxylation sites is 2. The number of nitrogens with one attached hydrogen (secondary N) is 1. The highest BCUT2D eigenvalue weighted by Gasteiger charge is 2.19. The lowest BCUT2D eigenvalue weighted by molar-refractivity contribution is -0.113. The van der Waals surface area contributed by atoms with Crippen molar-refractivity contribution >= 4 is 45.9 Å². The van der Waals surface area contributed by atoms with E-state index in [0.717, 1.165) is 17.3 Å². The van der Waals surface area contributed by atoms with E-state index in [2.05, 4.69) is 10.3 Å². The zero-order valence-corrected chi connectivity index (χ0v) is 22.3. The molecule has 0 aliphatic rings. The monoisotopic (exact) mass is 545 g/mol. The molecule has 0 spiro atoms. The molecule has 0 bridgehead atoms. The molecule has 0 unspecified atom stereocenters. The highest BCUT2D eigenvalue weighted by Crippen LogP contribution is 2.22. The van der Waals surface area contributed by atoms with Crippen LogP contribution in [-0.4, -0.2) is 30.6 Å². The van der Waals surface area contributed by atoms with Gasteiger partial charge in [0.05, 0.1) is 34.6 Å². The highest BCUT2D eigenvalue weighted by molar-refractivity contribution is 7.99. The molecule has 0 saturated heterocycles.